The van der Waals surface area contributed by atoms with E-state index in [1.165, 1.54) is 0 Å². The van der Waals surface area contributed by atoms with Crippen molar-refractivity contribution in [1.82, 2.24) is 0 Å². The van der Waals surface area contributed by atoms with Gasteiger partial charge in [0.05, 0.1) is 0 Å². The van der Waals surface area contributed by atoms with Gasteiger partial charge in [-0.05, 0) is 74.2 Å². The van der Waals surface area contributed by atoms with Gasteiger partial charge in [-0.15, -0.1) is 0 Å². The number of rotatable bonds is 3. The predicted octanol–water partition coefficient (Wildman–Crippen LogP) is 6.26. The molecule has 0 N–H and O–H groups in total. The molecule has 0 saturated heterocycles. The van der Waals surface area contributed by atoms with E-state index < -0.39 is 35.5 Å². The van der Waals surface area contributed by atoms with E-state index >= 15 is 0 Å². The number of carbonyl (C=O) groups excluding carboxylic acids is 2. The van der Waals surface area contributed by atoms with E-state index in [0.717, 1.165) is 24.8 Å². The molecule has 4 aliphatic rings. The molecule has 4 aliphatic carbocycles. The van der Waals surface area contributed by atoms with Crippen molar-refractivity contribution in [3.63, 3.8) is 0 Å². The lowest BCUT2D eigenvalue weighted by Gasteiger charge is -2.57. The number of hydrogen-bond donors (Lipinski definition) is 0. The fourth-order valence-electron chi connectivity index (χ4n) is 7.21. The maximum Gasteiger partial charge on any atom is 0.460 e. The second-order valence-corrected chi connectivity index (χ2v) is 10.6. The molecule has 3 unspecified atom stereocenters. The first-order valence-electron chi connectivity index (χ1n) is 11.3. The lowest BCUT2D eigenvalue weighted by Crippen LogP contribution is -2.58. The van der Waals surface area contributed by atoms with Crippen molar-refractivity contribution < 1.29 is 45.1 Å². The molecule has 186 valence electrons. The summed E-state index contributed by atoms with van der Waals surface area (Å²) in [6, 6.07) is 0. The van der Waals surface area contributed by atoms with Gasteiger partial charge in [0.1, 0.15) is 6.10 Å². The Bertz CT molecular complexity index is 880. The highest BCUT2D eigenvalue weighted by molar-refractivity contribution is 5.91. The Labute approximate surface area is 187 Å². The van der Waals surface area contributed by atoms with E-state index in [0.29, 0.717) is 25.7 Å². The molecule has 0 aromatic rings. The largest absolute Gasteiger partial charge is 0.460 e. The number of ether oxygens (including phenoxy) is 1. The molecule has 4 rings (SSSR count). The van der Waals surface area contributed by atoms with Crippen molar-refractivity contribution in [2.45, 2.75) is 89.3 Å². The summed E-state index contributed by atoms with van der Waals surface area (Å²) in [5.41, 5.74) is 0.218. The van der Waals surface area contributed by atoms with E-state index in [1.54, 1.807) is 13.0 Å². The monoisotopic (exact) mass is 484 g/mol. The van der Waals surface area contributed by atoms with Gasteiger partial charge in [-0.25, -0.2) is 4.79 Å². The molecule has 0 aromatic carbocycles. The van der Waals surface area contributed by atoms with Crippen LogP contribution in [0.3, 0.4) is 0 Å². The van der Waals surface area contributed by atoms with Gasteiger partial charge in [0.15, 0.2) is 5.78 Å². The molecule has 10 heteroatoms. The van der Waals surface area contributed by atoms with Crippen LogP contribution >= 0.6 is 0 Å². The first kappa shape index (κ1) is 24.5. The van der Waals surface area contributed by atoms with Crippen LogP contribution in [0.4, 0.5) is 30.7 Å². The average molecular weight is 484 g/mol. The minimum Gasteiger partial charge on any atom is -0.457 e. The number of hydrogen-bond acceptors (Lipinski definition) is 3. The van der Waals surface area contributed by atoms with Crippen molar-refractivity contribution in [2.24, 2.45) is 28.6 Å². The topological polar surface area (TPSA) is 43.4 Å². The zero-order valence-corrected chi connectivity index (χ0v) is 18.4. The SMILES string of the molecule is C[C@]12CCC(=O)C=C1CCC1C2CC[C@@]2(C)C1CC[C@@H]2OC(=O)C(F)(F)C(F)(F)C(F)(F)F. The minimum absolute atomic E-state index is 0.0261. The van der Waals surface area contributed by atoms with Crippen LogP contribution in [0.15, 0.2) is 11.6 Å². The first-order valence-corrected chi connectivity index (χ1v) is 11.3. The van der Waals surface area contributed by atoms with E-state index in [2.05, 4.69) is 6.92 Å². The zero-order valence-electron chi connectivity index (χ0n) is 18.4. The van der Waals surface area contributed by atoms with Crippen LogP contribution in [0.5, 0.6) is 0 Å². The van der Waals surface area contributed by atoms with Gasteiger partial charge in [-0.3, -0.25) is 4.79 Å². The quantitative estimate of drug-likeness (QED) is 0.351. The van der Waals surface area contributed by atoms with Crippen LogP contribution in [0.2, 0.25) is 0 Å². The van der Waals surface area contributed by atoms with Crippen LogP contribution < -0.4 is 0 Å². The van der Waals surface area contributed by atoms with E-state index in [-0.39, 0.29) is 35.4 Å². The molecule has 0 aromatic heterocycles. The predicted molar refractivity (Wildman–Crippen MR) is 103 cm³/mol. The van der Waals surface area contributed by atoms with E-state index in [4.69, 9.17) is 4.74 Å². The van der Waals surface area contributed by atoms with Crippen molar-refractivity contribution in [3.8, 4) is 0 Å². The van der Waals surface area contributed by atoms with E-state index in [9.17, 15) is 40.3 Å². The Hall–Kier alpha value is -1.61. The van der Waals surface area contributed by atoms with E-state index in [1.807, 2.05) is 0 Å². The number of carbonyl (C=O) groups is 2. The summed E-state index contributed by atoms with van der Waals surface area (Å²) < 4.78 is 96.4. The molecule has 0 aliphatic heterocycles. The zero-order chi connectivity index (χ0) is 24.6. The second kappa shape index (κ2) is 7.44. The smallest absolute Gasteiger partial charge is 0.457 e. The maximum absolute atomic E-state index is 13.9. The molecule has 3 fully saturated rings. The fourth-order valence-corrected chi connectivity index (χ4v) is 7.21. The number of esters is 1. The lowest BCUT2D eigenvalue weighted by atomic mass is 9.47. The third kappa shape index (κ3) is 3.44. The highest BCUT2D eigenvalue weighted by atomic mass is 19.4. The summed E-state index contributed by atoms with van der Waals surface area (Å²) in [5.74, 6) is -14.8. The molecule has 0 bridgehead atoms. The van der Waals surface area contributed by atoms with Crippen LogP contribution in [0.25, 0.3) is 0 Å². The second-order valence-electron chi connectivity index (χ2n) is 10.6. The van der Waals surface area contributed by atoms with Crippen LogP contribution in [0.1, 0.15) is 65.2 Å². The van der Waals surface area contributed by atoms with Crippen LogP contribution in [-0.2, 0) is 14.3 Å². The Morgan fingerprint density at radius 2 is 1.61 bits per heavy atom. The highest BCUT2D eigenvalue weighted by Gasteiger charge is 2.77. The average Bonchev–Trinajstić information content (AvgIpc) is 3.03. The molecule has 3 saturated carbocycles. The number of ketones is 1. The Balaban J connectivity index is 1.53. The first-order chi connectivity index (χ1) is 15.1. The maximum atomic E-state index is 13.9. The summed E-state index contributed by atoms with van der Waals surface area (Å²) >= 11 is 0. The Morgan fingerprint density at radius 1 is 0.939 bits per heavy atom. The molecule has 0 heterocycles. The van der Waals surface area contributed by atoms with Gasteiger partial charge in [0, 0.05) is 11.8 Å². The molecule has 33 heavy (non-hydrogen) atoms. The standard InChI is InChI=1S/C23H27F7O3/c1-19-9-7-13(31)11-12(19)3-4-14-15-5-6-17(20(15,2)10-8-16(14)19)33-18(32)21(24,25)22(26,27)23(28,29)30/h11,14-17H,3-10H2,1-2H3/t14?,15?,16?,17-,19-,20-/m0/s1. The van der Waals surface area contributed by atoms with Crippen molar-refractivity contribution >= 4 is 11.8 Å². The number of allylic oxidation sites excluding steroid dienone is 1. The number of fused-ring (bicyclic) bond motifs is 5. The van der Waals surface area contributed by atoms with Crippen LogP contribution in [0, 0.1) is 28.6 Å². The van der Waals surface area contributed by atoms with Crippen molar-refractivity contribution in [1.29, 1.82) is 0 Å². The molecule has 0 radical (unpaired) electrons. The fraction of sp³-hybridized carbons (Fsp3) is 0.826. The summed E-state index contributed by atoms with van der Waals surface area (Å²) in [7, 11) is 0. The molecule has 0 spiro atoms. The molecular formula is C23H27F7O3. The lowest BCUT2D eigenvalue weighted by molar-refractivity contribution is -0.349. The Kier molecular flexibility index (Phi) is 5.53. The summed E-state index contributed by atoms with van der Waals surface area (Å²) in [4.78, 5) is 23.8. The van der Waals surface area contributed by atoms with Gasteiger partial charge in [-0.1, -0.05) is 19.4 Å². The van der Waals surface area contributed by atoms with Crippen molar-refractivity contribution in [2.75, 3.05) is 0 Å². The molecular weight excluding hydrogens is 457 g/mol. The van der Waals surface area contributed by atoms with Gasteiger partial charge >= 0.3 is 24.0 Å². The normalized spacial score (nSPS) is 39.3. The van der Waals surface area contributed by atoms with Gasteiger partial charge < -0.3 is 4.74 Å². The van der Waals surface area contributed by atoms with Gasteiger partial charge in [0.25, 0.3) is 0 Å². The Morgan fingerprint density at radius 3 is 2.24 bits per heavy atom. The molecule has 0 amide bonds. The minimum atomic E-state index is -6.58. The number of alkyl halides is 7. The van der Waals surface area contributed by atoms with Gasteiger partial charge in [0.2, 0.25) is 0 Å². The summed E-state index contributed by atoms with van der Waals surface area (Å²) in [6.07, 6.45) is -1.45. The van der Waals surface area contributed by atoms with Crippen molar-refractivity contribution in [3.05, 3.63) is 11.6 Å². The molecule has 3 nitrogen and oxygen atoms in total. The third-order valence-corrected chi connectivity index (χ3v) is 9.13. The molecule has 6 atom stereocenters. The third-order valence-electron chi connectivity index (χ3n) is 9.13. The summed E-state index contributed by atoms with van der Waals surface area (Å²) in [5, 5.41) is 0. The number of halogens is 7. The summed E-state index contributed by atoms with van der Waals surface area (Å²) in [6.45, 7) is 3.91. The van der Waals surface area contributed by atoms with Gasteiger partial charge in [-0.2, -0.15) is 30.7 Å². The van der Waals surface area contributed by atoms with Crippen LogP contribution in [-0.4, -0.2) is 35.9 Å². The highest BCUT2D eigenvalue weighted by Crippen LogP contribution is 2.65.